The summed E-state index contributed by atoms with van der Waals surface area (Å²) >= 11 is 0. The first-order chi connectivity index (χ1) is 9.74. The van der Waals surface area contributed by atoms with Crippen LogP contribution in [-0.2, 0) is 6.42 Å². The van der Waals surface area contributed by atoms with Crippen molar-refractivity contribution < 1.29 is 5.11 Å². The lowest BCUT2D eigenvalue weighted by Crippen LogP contribution is -1.89. The van der Waals surface area contributed by atoms with Crippen molar-refractivity contribution in [3.8, 4) is 0 Å². The number of nitrogens with one attached hydrogen (secondary N) is 1. The van der Waals surface area contributed by atoms with Gasteiger partial charge in [0.15, 0.2) is 0 Å². The van der Waals surface area contributed by atoms with Crippen molar-refractivity contribution in [1.82, 2.24) is 4.98 Å². The lowest BCUT2D eigenvalue weighted by atomic mass is 10.1. The number of aromatic amines is 1. The van der Waals surface area contributed by atoms with E-state index in [9.17, 15) is 0 Å². The maximum atomic E-state index is 8.70. The summed E-state index contributed by atoms with van der Waals surface area (Å²) in [7, 11) is 0. The zero-order valence-electron chi connectivity index (χ0n) is 14.4. The topological polar surface area (TPSA) is 36.0 Å². The van der Waals surface area contributed by atoms with Crippen molar-refractivity contribution in [3.63, 3.8) is 0 Å². The molecule has 20 heavy (non-hydrogen) atoms. The normalized spacial score (nSPS) is 7.95. The van der Waals surface area contributed by atoms with Crippen LogP contribution in [0.1, 0.15) is 71.2 Å². The van der Waals surface area contributed by atoms with Crippen LogP contribution in [0.4, 0.5) is 0 Å². The molecular formula is C18H35NO. The van der Waals surface area contributed by atoms with E-state index in [1.165, 1.54) is 12.0 Å². The minimum atomic E-state index is 0.227. The van der Waals surface area contributed by atoms with Gasteiger partial charge in [0, 0.05) is 24.1 Å². The molecule has 0 fully saturated rings. The Hall–Kier alpha value is -1.28. The van der Waals surface area contributed by atoms with Crippen LogP contribution < -0.4 is 0 Å². The number of aliphatic hydroxyl groups excluding tert-OH is 1. The molecule has 0 aliphatic rings. The van der Waals surface area contributed by atoms with E-state index in [2.05, 4.69) is 32.0 Å². The fraction of sp³-hybridized carbons (Fsp3) is 0.556. The third kappa shape index (κ3) is 10.6. The Balaban J connectivity index is -0.000000355. The van der Waals surface area contributed by atoms with Crippen molar-refractivity contribution in [2.24, 2.45) is 0 Å². The molecule has 0 aliphatic carbocycles. The van der Waals surface area contributed by atoms with E-state index in [0.29, 0.717) is 0 Å². The SMILES string of the molecule is C=Cc1[nH]cc(CCCO)c1C=C.CC.CC.CCC. The van der Waals surface area contributed by atoms with Gasteiger partial charge in [0.05, 0.1) is 0 Å². The minimum absolute atomic E-state index is 0.227. The average molecular weight is 281 g/mol. The molecule has 0 aromatic carbocycles. The van der Waals surface area contributed by atoms with Crippen LogP contribution in [-0.4, -0.2) is 16.7 Å². The third-order valence-corrected chi connectivity index (χ3v) is 2.05. The van der Waals surface area contributed by atoms with Gasteiger partial charge in [0.2, 0.25) is 0 Å². The van der Waals surface area contributed by atoms with Gasteiger partial charge in [-0.2, -0.15) is 0 Å². The number of aromatic nitrogens is 1. The Morgan fingerprint density at radius 1 is 1.10 bits per heavy atom. The van der Waals surface area contributed by atoms with Crippen LogP contribution in [0.25, 0.3) is 12.2 Å². The maximum absolute atomic E-state index is 8.70. The molecule has 0 amide bonds. The summed E-state index contributed by atoms with van der Waals surface area (Å²) in [6.07, 6.45) is 8.46. The quantitative estimate of drug-likeness (QED) is 0.714. The van der Waals surface area contributed by atoms with Crippen LogP contribution >= 0.6 is 0 Å². The van der Waals surface area contributed by atoms with E-state index in [0.717, 1.165) is 24.1 Å². The highest BCUT2D eigenvalue weighted by molar-refractivity contribution is 5.64. The number of rotatable bonds is 5. The molecule has 1 aromatic heterocycles. The Kier molecular flexibility index (Phi) is 23.8. The van der Waals surface area contributed by atoms with Gasteiger partial charge in [-0.05, 0) is 24.5 Å². The van der Waals surface area contributed by atoms with Crippen molar-refractivity contribution in [3.05, 3.63) is 36.2 Å². The second-order valence-corrected chi connectivity index (χ2v) is 3.58. The minimum Gasteiger partial charge on any atom is -0.396 e. The molecule has 0 saturated heterocycles. The number of H-pyrrole nitrogens is 1. The van der Waals surface area contributed by atoms with Gasteiger partial charge in [-0.15, -0.1) is 0 Å². The molecule has 1 aromatic rings. The Bertz CT molecular complexity index is 313. The van der Waals surface area contributed by atoms with Crippen LogP contribution in [0.3, 0.4) is 0 Å². The number of aliphatic hydroxyl groups is 1. The molecule has 0 radical (unpaired) electrons. The van der Waals surface area contributed by atoms with Crippen molar-refractivity contribution in [1.29, 1.82) is 0 Å². The first-order valence-corrected chi connectivity index (χ1v) is 7.81. The van der Waals surface area contributed by atoms with Crippen molar-refractivity contribution in [2.45, 2.75) is 60.8 Å². The summed E-state index contributed by atoms with van der Waals surface area (Å²) < 4.78 is 0. The molecule has 2 heteroatoms. The summed E-state index contributed by atoms with van der Waals surface area (Å²) in [6, 6.07) is 0. The summed E-state index contributed by atoms with van der Waals surface area (Å²) in [5.74, 6) is 0. The van der Waals surface area contributed by atoms with E-state index in [-0.39, 0.29) is 6.61 Å². The molecule has 0 aliphatic heterocycles. The zero-order valence-corrected chi connectivity index (χ0v) is 14.4. The van der Waals surface area contributed by atoms with Crippen molar-refractivity contribution >= 4 is 12.2 Å². The van der Waals surface area contributed by atoms with Gasteiger partial charge in [0.1, 0.15) is 0 Å². The van der Waals surface area contributed by atoms with Crippen LogP contribution in [0.15, 0.2) is 19.4 Å². The van der Waals surface area contributed by atoms with E-state index in [1.54, 1.807) is 6.08 Å². The van der Waals surface area contributed by atoms with Gasteiger partial charge in [0.25, 0.3) is 0 Å². The van der Waals surface area contributed by atoms with Gasteiger partial charge in [-0.1, -0.05) is 67.2 Å². The number of aryl methyl sites for hydroxylation is 1. The Labute approximate surface area is 126 Å². The Morgan fingerprint density at radius 3 is 1.95 bits per heavy atom. The summed E-state index contributed by atoms with van der Waals surface area (Å²) in [4.78, 5) is 3.11. The predicted octanol–water partition coefficient (Wildman–Crippen LogP) is 5.69. The average Bonchev–Trinajstić information content (AvgIpc) is 2.92. The highest BCUT2D eigenvalue weighted by Gasteiger charge is 2.04. The fourth-order valence-electron chi connectivity index (χ4n) is 1.38. The van der Waals surface area contributed by atoms with E-state index in [4.69, 9.17) is 5.11 Å². The highest BCUT2D eigenvalue weighted by Crippen LogP contribution is 2.17. The van der Waals surface area contributed by atoms with E-state index < -0.39 is 0 Å². The first kappa shape index (κ1) is 23.8. The van der Waals surface area contributed by atoms with Gasteiger partial charge in [-0.3, -0.25) is 0 Å². The monoisotopic (exact) mass is 281 g/mol. The number of hydrogen-bond acceptors (Lipinski definition) is 1. The van der Waals surface area contributed by atoms with Crippen LogP contribution in [0, 0.1) is 0 Å². The van der Waals surface area contributed by atoms with E-state index >= 15 is 0 Å². The standard InChI is InChI=1S/C11H15NO.C3H8.2C2H6/c1-3-10-9(6-5-7-13)8-12-11(10)4-2;1-3-2;2*1-2/h3-4,8,12-13H,1-2,5-7H2;3H2,1-2H3;2*1-2H3. The smallest absolute Gasteiger partial charge is 0.0450 e. The van der Waals surface area contributed by atoms with Crippen molar-refractivity contribution in [2.75, 3.05) is 6.61 Å². The van der Waals surface area contributed by atoms with Crippen LogP contribution in [0.2, 0.25) is 0 Å². The largest absolute Gasteiger partial charge is 0.396 e. The number of hydrogen-bond donors (Lipinski definition) is 2. The second kappa shape index (κ2) is 20.0. The lowest BCUT2D eigenvalue weighted by molar-refractivity contribution is 0.288. The highest BCUT2D eigenvalue weighted by atomic mass is 16.2. The summed E-state index contributed by atoms with van der Waals surface area (Å²) in [5, 5.41) is 8.70. The van der Waals surface area contributed by atoms with Crippen LogP contribution in [0.5, 0.6) is 0 Å². The van der Waals surface area contributed by atoms with Gasteiger partial charge >= 0.3 is 0 Å². The molecule has 1 rings (SSSR count). The summed E-state index contributed by atoms with van der Waals surface area (Å²) in [6.45, 7) is 19.9. The molecule has 0 spiro atoms. The molecule has 2 nitrogen and oxygen atoms in total. The fourth-order valence-corrected chi connectivity index (χ4v) is 1.38. The molecule has 1 heterocycles. The molecule has 0 unspecified atom stereocenters. The predicted molar refractivity (Wildman–Crippen MR) is 95.0 cm³/mol. The maximum Gasteiger partial charge on any atom is 0.0450 e. The lowest BCUT2D eigenvalue weighted by Gasteiger charge is -1.98. The van der Waals surface area contributed by atoms with E-state index in [1.807, 2.05) is 40.0 Å². The molecular weight excluding hydrogens is 246 g/mol. The van der Waals surface area contributed by atoms with Gasteiger partial charge in [-0.25, -0.2) is 0 Å². The van der Waals surface area contributed by atoms with Gasteiger partial charge < -0.3 is 10.1 Å². The molecule has 118 valence electrons. The first-order valence-electron chi connectivity index (χ1n) is 7.81. The molecule has 0 saturated carbocycles. The molecule has 2 N–H and O–H groups in total. The second-order valence-electron chi connectivity index (χ2n) is 3.58. The molecule has 0 bridgehead atoms. The molecule has 0 atom stereocenters. The third-order valence-electron chi connectivity index (χ3n) is 2.05. The zero-order chi connectivity index (χ0) is 16.4. The Morgan fingerprint density at radius 2 is 1.60 bits per heavy atom. The summed E-state index contributed by atoms with van der Waals surface area (Å²) in [5.41, 5.74) is 3.30.